The molecule has 0 heterocycles. The van der Waals surface area contributed by atoms with E-state index in [1.54, 1.807) is 0 Å². The van der Waals surface area contributed by atoms with Crippen LogP contribution in [0.4, 0.5) is 0 Å². The fraction of sp³-hybridized carbons (Fsp3) is 1.00. The van der Waals surface area contributed by atoms with Crippen LogP contribution in [0, 0.1) is 10.8 Å². The molecular formula is C21H44O5. The molecule has 0 saturated heterocycles. The van der Waals surface area contributed by atoms with Crippen molar-refractivity contribution in [2.75, 3.05) is 66.1 Å². The molecule has 0 saturated carbocycles. The first-order valence-corrected chi connectivity index (χ1v) is 10.1. The van der Waals surface area contributed by atoms with Crippen molar-refractivity contribution in [1.82, 2.24) is 0 Å². The third kappa shape index (κ3) is 23.8. The lowest BCUT2D eigenvalue weighted by Gasteiger charge is -2.17. The van der Waals surface area contributed by atoms with Gasteiger partial charge < -0.3 is 23.7 Å². The molecule has 0 amide bonds. The Bertz CT molecular complexity index is 264. The minimum absolute atomic E-state index is 0.329. The second kappa shape index (κ2) is 15.8. The highest BCUT2D eigenvalue weighted by Crippen LogP contribution is 2.20. The van der Waals surface area contributed by atoms with Crippen molar-refractivity contribution in [2.24, 2.45) is 10.8 Å². The first-order chi connectivity index (χ1) is 12.2. The molecule has 5 heteroatoms. The molecule has 0 aromatic rings. The molecule has 158 valence electrons. The maximum atomic E-state index is 5.55. The summed E-state index contributed by atoms with van der Waals surface area (Å²) < 4.78 is 27.5. The Hall–Kier alpha value is -0.200. The van der Waals surface area contributed by atoms with Crippen molar-refractivity contribution in [3.05, 3.63) is 0 Å². The van der Waals surface area contributed by atoms with Gasteiger partial charge in [0.1, 0.15) is 0 Å². The highest BCUT2D eigenvalue weighted by molar-refractivity contribution is 4.60. The summed E-state index contributed by atoms with van der Waals surface area (Å²) in [6, 6.07) is 0. The van der Waals surface area contributed by atoms with Gasteiger partial charge in [-0.05, 0) is 30.1 Å². The molecule has 0 aliphatic rings. The second-order valence-corrected chi connectivity index (χ2v) is 9.04. The lowest BCUT2D eigenvalue weighted by Crippen LogP contribution is -2.14. The predicted octanol–water partition coefficient (Wildman–Crippen LogP) is 4.33. The van der Waals surface area contributed by atoms with Crippen molar-refractivity contribution in [3.63, 3.8) is 0 Å². The van der Waals surface area contributed by atoms with Gasteiger partial charge in [-0.15, -0.1) is 0 Å². The zero-order valence-corrected chi connectivity index (χ0v) is 18.2. The van der Waals surface area contributed by atoms with Crippen molar-refractivity contribution < 1.29 is 23.7 Å². The molecule has 0 unspecified atom stereocenters. The minimum atomic E-state index is 0.329. The smallest absolute Gasteiger partial charge is 0.0701 e. The summed E-state index contributed by atoms with van der Waals surface area (Å²) in [5.41, 5.74) is 0.718. The first-order valence-electron chi connectivity index (χ1n) is 10.1. The molecule has 0 rings (SSSR count). The van der Waals surface area contributed by atoms with E-state index in [2.05, 4.69) is 41.5 Å². The normalized spacial score (nSPS) is 12.7. The molecule has 0 aliphatic heterocycles. The van der Waals surface area contributed by atoms with Crippen LogP contribution >= 0.6 is 0 Å². The molecule has 0 atom stereocenters. The maximum absolute atomic E-state index is 5.55. The van der Waals surface area contributed by atoms with Gasteiger partial charge in [-0.2, -0.15) is 0 Å². The van der Waals surface area contributed by atoms with Crippen LogP contribution in [0.15, 0.2) is 0 Å². The maximum Gasteiger partial charge on any atom is 0.0701 e. The van der Waals surface area contributed by atoms with Crippen LogP contribution in [0.5, 0.6) is 0 Å². The number of hydrogen-bond donors (Lipinski definition) is 0. The summed E-state index contributed by atoms with van der Waals surface area (Å²) in [6.07, 6.45) is 3.36. The summed E-state index contributed by atoms with van der Waals surface area (Å²) in [5.74, 6) is 0. The van der Waals surface area contributed by atoms with Crippen LogP contribution < -0.4 is 0 Å². The Morgan fingerprint density at radius 3 is 1.04 bits per heavy atom. The highest BCUT2D eigenvalue weighted by Gasteiger charge is 2.09. The fourth-order valence-corrected chi connectivity index (χ4v) is 2.06. The summed E-state index contributed by atoms with van der Waals surface area (Å²) in [5, 5.41) is 0. The summed E-state index contributed by atoms with van der Waals surface area (Å²) in [6.45, 7) is 19.9. The Balaban J connectivity index is 3.07. The van der Waals surface area contributed by atoms with Crippen LogP contribution in [-0.2, 0) is 23.7 Å². The molecule has 0 aliphatic carbocycles. The Kier molecular flexibility index (Phi) is 15.7. The average molecular weight is 377 g/mol. The van der Waals surface area contributed by atoms with Crippen molar-refractivity contribution >= 4 is 0 Å². The lowest BCUT2D eigenvalue weighted by molar-refractivity contribution is -0.0128. The van der Waals surface area contributed by atoms with Gasteiger partial charge in [0.05, 0.1) is 52.9 Å². The van der Waals surface area contributed by atoms with E-state index in [4.69, 9.17) is 23.7 Å². The zero-order chi connectivity index (χ0) is 19.7. The summed E-state index contributed by atoms with van der Waals surface area (Å²) in [7, 11) is 0. The molecule has 0 aromatic carbocycles. The van der Waals surface area contributed by atoms with E-state index >= 15 is 0 Å². The van der Waals surface area contributed by atoms with E-state index in [1.165, 1.54) is 6.42 Å². The van der Waals surface area contributed by atoms with Gasteiger partial charge in [0, 0.05) is 13.2 Å². The zero-order valence-electron chi connectivity index (χ0n) is 18.2. The molecule has 5 nitrogen and oxygen atoms in total. The van der Waals surface area contributed by atoms with Crippen molar-refractivity contribution in [2.45, 2.75) is 60.8 Å². The fourth-order valence-electron chi connectivity index (χ4n) is 2.06. The van der Waals surface area contributed by atoms with Gasteiger partial charge in [-0.1, -0.05) is 41.5 Å². The SMILES string of the molecule is CC(C)(C)CCCOCCOCCOCCOCCOCCC(C)(C)C. The molecule has 0 aromatic heterocycles. The van der Waals surface area contributed by atoms with Crippen LogP contribution in [0.1, 0.15) is 60.8 Å². The van der Waals surface area contributed by atoms with Gasteiger partial charge in [0.15, 0.2) is 0 Å². The molecule has 0 fully saturated rings. The van der Waals surface area contributed by atoms with Crippen LogP contribution in [0.3, 0.4) is 0 Å². The van der Waals surface area contributed by atoms with Crippen molar-refractivity contribution in [3.8, 4) is 0 Å². The standard InChI is InChI=1S/C21H44O5/c1-20(2,3)8-7-10-22-12-14-24-16-18-26-19-17-25-15-13-23-11-9-21(4,5)6/h7-19H2,1-6H3. The largest absolute Gasteiger partial charge is 0.379 e. The third-order valence-electron chi connectivity index (χ3n) is 3.70. The average Bonchev–Trinajstić information content (AvgIpc) is 2.51. The Morgan fingerprint density at radius 2 is 0.692 bits per heavy atom. The quantitative estimate of drug-likeness (QED) is 0.354. The van der Waals surface area contributed by atoms with Gasteiger partial charge in [-0.3, -0.25) is 0 Å². The summed E-state index contributed by atoms with van der Waals surface area (Å²) in [4.78, 5) is 0. The van der Waals surface area contributed by atoms with Crippen LogP contribution in [0.2, 0.25) is 0 Å². The van der Waals surface area contributed by atoms with E-state index < -0.39 is 0 Å². The Morgan fingerprint density at radius 1 is 0.385 bits per heavy atom. The molecule has 0 bridgehead atoms. The summed E-state index contributed by atoms with van der Waals surface area (Å²) >= 11 is 0. The first kappa shape index (κ1) is 25.8. The van der Waals surface area contributed by atoms with E-state index in [-0.39, 0.29) is 0 Å². The van der Waals surface area contributed by atoms with Gasteiger partial charge in [0.2, 0.25) is 0 Å². The molecule has 0 radical (unpaired) electrons. The van der Waals surface area contributed by atoms with E-state index in [0.29, 0.717) is 63.7 Å². The number of hydrogen-bond acceptors (Lipinski definition) is 5. The van der Waals surface area contributed by atoms with Crippen LogP contribution in [-0.4, -0.2) is 66.1 Å². The monoisotopic (exact) mass is 376 g/mol. The minimum Gasteiger partial charge on any atom is -0.379 e. The molecule has 26 heavy (non-hydrogen) atoms. The van der Waals surface area contributed by atoms with Gasteiger partial charge in [-0.25, -0.2) is 0 Å². The topological polar surface area (TPSA) is 46.2 Å². The van der Waals surface area contributed by atoms with E-state index in [1.807, 2.05) is 0 Å². The highest BCUT2D eigenvalue weighted by atomic mass is 16.6. The Labute approximate surface area is 162 Å². The molecule has 0 spiro atoms. The van der Waals surface area contributed by atoms with Gasteiger partial charge in [0.25, 0.3) is 0 Å². The van der Waals surface area contributed by atoms with E-state index in [0.717, 1.165) is 26.1 Å². The molecule has 0 N–H and O–H groups in total. The number of rotatable bonds is 17. The number of ether oxygens (including phenoxy) is 5. The van der Waals surface area contributed by atoms with Crippen molar-refractivity contribution in [1.29, 1.82) is 0 Å². The predicted molar refractivity (Wildman–Crippen MR) is 107 cm³/mol. The molecular weight excluding hydrogens is 332 g/mol. The second-order valence-electron chi connectivity index (χ2n) is 9.04. The lowest BCUT2D eigenvalue weighted by atomic mass is 9.91. The third-order valence-corrected chi connectivity index (χ3v) is 3.70. The van der Waals surface area contributed by atoms with E-state index in [9.17, 15) is 0 Å². The van der Waals surface area contributed by atoms with Crippen LogP contribution in [0.25, 0.3) is 0 Å². The van der Waals surface area contributed by atoms with Gasteiger partial charge >= 0.3 is 0 Å².